The van der Waals surface area contributed by atoms with Crippen LogP contribution < -0.4 is 29.1 Å². The lowest BCUT2D eigenvalue weighted by Gasteiger charge is -2.41. The van der Waals surface area contributed by atoms with Gasteiger partial charge in [0.2, 0.25) is 19.0 Å². The molecule has 0 saturated carbocycles. The number of anilines is 4. The Bertz CT molecular complexity index is 2860. The normalized spacial score (nSPS) is 21.9. The van der Waals surface area contributed by atoms with Crippen LogP contribution in [0.1, 0.15) is 72.2 Å². The smallest absolute Gasteiger partial charge is 0.419 e. The van der Waals surface area contributed by atoms with Gasteiger partial charge in [-0.15, -0.1) is 0 Å². The second kappa shape index (κ2) is 24.3. The summed E-state index contributed by atoms with van der Waals surface area (Å²) in [4.78, 5) is 59.8. The van der Waals surface area contributed by atoms with Crippen molar-refractivity contribution in [1.82, 2.24) is 44.6 Å². The largest absolute Gasteiger partial charge is 0.462 e. The molecule has 0 spiro atoms. The number of nitrogens with zero attached hydrogens (tertiary/aromatic N) is 15. The quantitative estimate of drug-likeness (QED) is 0.0762. The van der Waals surface area contributed by atoms with E-state index in [-0.39, 0.29) is 66.9 Å². The van der Waals surface area contributed by atoms with Gasteiger partial charge in [-0.25, -0.2) is 13.1 Å². The number of likely N-dealkylation sites (N-methyl/N-ethyl adjacent to an activating group) is 2. The van der Waals surface area contributed by atoms with Crippen molar-refractivity contribution < 1.29 is 40.6 Å². The summed E-state index contributed by atoms with van der Waals surface area (Å²) in [5.74, 6) is 1.51. The first kappa shape index (κ1) is 55.7. The van der Waals surface area contributed by atoms with E-state index in [1.54, 1.807) is 14.7 Å². The van der Waals surface area contributed by atoms with Crippen molar-refractivity contribution in [3.05, 3.63) is 106 Å². The number of rotatable bonds is 13. The molecule has 0 N–H and O–H groups in total. The second-order valence-electron chi connectivity index (χ2n) is 20.8. The molecule has 4 aromatic rings. The number of hydrogen-bond acceptors (Lipinski definition) is 15. The van der Waals surface area contributed by atoms with E-state index >= 15 is 0 Å². The number of amides is 1. The van der Waals surface area contributed by atoms with E-state index in [0.29, 0.717) is 88.6 Å². The molecule has 416 valence electrons. The SMILES string of the molecule is [C-]#[N+]CC1CCCN(c2nc(OC[C@@H]3CCCN3C)nc3c2CCN(c2ccncc2C(F)(F)F)C3)C1.[C-]#[N+]CC1CN(c2nc(OC[C@@H]3CCCN3C)nc3c2CCN(c2ccncc2C(F)(F)F)C3)CCN1C(=O)C=C. The highest BCUT2D eigenvalue weighted by Gasteiger charge is 2.40. The Kier molecular flexibility index (Phi) is 17.4. The summed E-state index contributed by atoms with van der Waals surface area (Å²) in [6.45, 7) is 25.8. The zero-order valence-electron chi connectivity index (χ0n) is 44.0. The van der Waals surface area contributed by atoms with E-state index in [1.165, 1.54) is 30.6 Å². The molecule has 0 aliphatic carbocycles. The molecule has 0 aromatic carbocycles. The van der Waals surface area contributed by atoms with Gasteiger partial charge in [-0.2, -0.15) is 46.3 Å². The van der Waals surface area contributed by atoms with Gasteiger partial charge in [0, 0.05) is 99.7 Å². The number of likely N-dealkylation sites (tertiary alicyclic amines) is 2. The van der Waals surface area contributed by atoms with Crippen LogP contribution in [0.5, 0.6) is 12.0 Å². The molecule has 24 heteroatoms. The average molecular weight is 1090 g/mol. The third-order valence-electron chi connectivity index (χ3n) is 15.8. The molecule has 10 rings (SSSR count). The maximum absolute atomic E-state index is 13.8. The maximum Gasteiger partial charge on any atom is 0.419 e. The molecule has 6 aliphatic heterocycles. The van der Waals surface area contributed by atoms with E-state index in [4.69, 9.17) is 42.6 Å². The molecular formula is C54H65F6N15O3. The fourth-order valence-electron chi connectivity index (χ4n) is 11.6. The van der Waals surface area contributed by atoms with E-state index in [9.17, 15) is 31.1 Å². The van der Waals surface area contributed by atoms with Gasteiger partial charge in [-0.1, -0.05) is 6.58 Å². The van der Waals surface area contributed by atoms with E-state index < -0.39 is 23.5 Å². The lowest BCUT2D eigenvalue weighted by molar-refractivity contribution is -0.138. The van der Waals surface area contributed by atoms with Crippen LogP contribution in [0.25, 0.3) is 9.69 Å². The van der Waals surface area contributed by atoms with Gasteiger partial charge in [-0.05, 0) is 96.8 Å². The van der Waals surface area contributed by atoms with Gasteiger partial charge in [0.15, 0.2) is 0 Å². The fraction of sp³-hybridized carbons (Fsp3) is 0.574. The van der Waals surface area contributed by atoms with Crippen LogP contribution in [-0.2, 0) is 43.1 Å². The highest BCUT2D eigenvalue weighted by molar-refractivity contribution is 5.87. The van der Waals surface area contributed by atoms with Crippen molar-refractivity contribution in [1.29, 1.82) is 0 Å². The zero-order valence-corrected chi connectivity index (χ0v) is 44.0. The number of pyridine rings is 2. The molecule has 0 radical (unpaired) electrons. The van der Waals surface area contributed by atoms with Gasteiger partial charge in [0.05, 0.1) is 47.0 Å². The third-order valence-corrected chi connectivity index (χ3v) is 15.8. The third kappa shape index (κ3) is 12.8. The minimum absolute atomic E-state index is 0.0574. The van der Waals surface area contributed by atoms with Crippen LogP contribution in [0, 0.1) is 19.1 Å². The number of fused-ring (bicyclic) bond motifs is 2. The second-order valence-corrected chi connectivity index (χ2v) is 20.8. The summed E-state index contributed by atoms with van der Waals surface area (Å²) >= 11 is 0. The number of aromatic nitrogens is 6. The fourth-order valence-corrected chi connectivity index (χ4v) is 11.6. The summed E-state index contributed by atoms with van der Waals surface area (Å²) in [6.07, 6.45) is 3.91. The maximum atomic E-state index is 13.8. The molecular weight excluding hydrogens is 1020 g/mol. The van der Waals surface area contributed by atoms with Crippen molar-refractivity contribution in [3.63, 3.8) is 0 Å². The van der Waals surface area contributed by atoms with Gasteiger partial charge < -0.3 is 53.5 Å². The van der Waals surface area contributed by atoms with E-state index in [1.807, 2.05) is 11.9 Å². The number of carbonyl (C=O) groups excluding carboxylic acids is 1. The molecule has 10 heterocycles. The van der Waals surface area contributed by atoms with Crippen molar-refractivity contribution in [2.45, 2.75) is 94.9 Å². The number of ether oxygens (including phenoxy) is 2. The summed E-state index contributed by atoms with van der Waals surface area (Å²) in [6, 6.07) is 3.43. The van der Waals surface area contributed by atoms with E-state index in [2.05, 4.69) is 48.0 Å². The van der Waals surface area contributed by atoms with Crippen LogP contribution in [0.3, 0.4) is 0 Å². The van der Waals surface area contributed by atoms with Crippen molar-refractivity contribution in [2.24, 2.45) is 5.92 Å². The Morgan fingerprint density at radius 1 is 0.654 bits per heavy atom. The molecule has 2 unspecified atom stereocenters. The summed E-state index contributed by atoms with van der Waals surface area (Å²) in [5.41, 5.74) is 1.75. The first-order valence-corrected chi connectivity index (χ1v) is 26.6. The van der Waals surface area contributed by atoms with Gasteiger partial charge in [0.25, 0.3) is 0 Å². The summed E-state index contributed by atoms with van der Waals surface area (Å²) < 4.78 is 94.7. The van der Waals surface area contributed by atoms with Gasteiger partial charge >= 0.3 is 24.4 Å². The zero-order chi connectivity index (χ0) is 55.1. The highest BCUT2D eigenvalue weighted by Crippen LogP contribution is 2.41. The standard InChI is InChI=1S/C28H33F3N8O2.C26H32F3N7O/c1-4-25(40)39-13-12-38(16-20(39)14-32-2)26-21-8-11-37(24-7-9-33-15-22(24)28(29,30)31)17-23(21)34-27(35-26)41-18-19-6-5-10-36(19)3;1-30-13-18-5-3-11-36(15-18)24-20-8-12-35(23-7-9-31-14-21(23)26(27,28)29)16-22(20)32-25(33-24)37-17-19-6-4-10-34(19)2/h4,7,9,15,19-20H,1,5-6,8,10-14,16-18H2,3H3;7,9,14,18-19H,3-6,8,10-13,15-17H2,2H3/t19-,20?;18?,19-/m00/s1. The van der Waals surface area contributed by atoms with Crippen LogP contribution in [0.15, 0.2) is 49.6 Å². The number of hydrogen-bond donors (Lipinski definition) is 0. The first-order valence-electron chi connectivity index (χ1n) is 26.6. The van der Waals surface area contributed by atoms with E-state index in [0.717, 1.165) is 94.0 Å². The average Bonchev–Trinajstić information content (AvgIpc) is 4.12. The molecule has 4 saturated heterocycles. The molecule has 78 heavy (non-hydrogen) atoms. The number of alkyl halides is 6. The Morgan fingerprint density at radius 3 is 1.62 bits per heavy atom. The molecule has 18 nitrogen and oxygen atoms in total. The molecule has 1 amide bonds. The number of piperidine rings is 1. The predicted molar refractivity (Wildman–Crippen MR) is 280 cm³/mol. The number of carbonyl (C=O) groups is 1. The first-order chi connectivity index (χ1) is 37.5. The van der Waals surface area contributed by atoms with Crippen molar-refractivity contribution in [2.75, 3.05) is 119 Å². The number of halogens is 6. The lowest BCUT2D eigenvalue weighted by Crippen LogP contribution is -2.56. The minimum atomic E-state index is -4.54. The van der Waals surface area contributed by atoms with Crippen LogP contribution in [0.2, 0.25) is 0 Å². The van der Waals surface area contributed by atoms with Crippen molar-refractivity contribution in [3.8, 4) is 12.0 Å². The molecule has 6 aliphatic rings. The Labute approximate surface area is 450 Å². The Morgan fingerprint density at radius 2 is 1.15 bits per heavy atom. The summed E-state index contributed by atoms with van der Waals surface area (Å²) in [5, 5.41) is 0. The molecule has 4 fully saturated rings. The topological polar surface area (TPSA) is 144 Å². The monoisotopic (exact) mass is 1090 g/mol. The predicted octanol–water partition coefficient (Wildman–Crippen LogP) is 7.11. The Hall–Kier alpha value is -7.05. The Balaban J connectivity index is 0.000000191. The lowest BCUT2D eigenvalue weighted by atomic mass is 9.96. The highest BCUT2D eigenvalue weighted by atomic mass is 19.4. The van der Waals surface area contributed by atoms with Gasteiger partial charge in [0.1, 0.15) is 30.9 Å². The van der Waals surface area contributed by atoms with Crippen LogP contribution in [-0.4, -0.2) is 168 Å². The summed E-state index contributed by atoms with van der Waals surface area (Å²) in [7, 11) is 4.13. The van der Waals surface area contributed by atoms with Crippen molar-refractivity contribution >= 4 is 28.9 Å². The molecule has 0 bridgehead atoms. The van der Waals surface area contributed by atoms with Gasteiger partial charge in [-0.3, -0.25) is 14.8 Å². The molecule has 4 atom stereocenters. The molecule has 4 aromatic heterocycles. The van der Waals surface area contributed by atoms with Crippen LogP contribution in [0.4, 0.5) is 49.4 Å². The minimum Gasteiger partial charge on any atom is -0.462 e. The number of piperazine rings is 1. The van der Waals surface area contributed by atoms with Crippen LogP contribution >= 0.6 is 0 Å².